The highest BCUT2D eigenvalue weighted by Gasteiger charge is 2.34. The molecule has 0 unspecified atom stereocenters. The number of hydrogen-bond donors (Lipinski definition) is 1. The van der Waals surface area contributed by atoms with Gasteiger partial charge in [0.15, 0.2) is 0 Å². The van der Waals surface area contributed by atoms with Crippen molar-refractivity contribution in [2.75, 3.05) is 31.6 Å². The van der Waals surface area contributed by atoms with Gasteiger partial charge in [0.1, 0.15) is 0 Å². The third kappa shape index (κ3) is 3.73. The fourth-order valence-corrected chi connectivity index (χ4v) is 3.37. The Hall–Kier alpha value is -1.02. The molecule has 1 aliphatic rings. The van der Waals surface area contributed by atoms with Crippen molar-refractivity contribution < 1.29 is 0 Å². The molecule has 1 aliphatic carbocycles. The van der Waals surface area contributed by atoms with Gasteiger partial charge in [-0.25, -0.2) is 0 Å². The maximum Gasteiger partial charge on any atom is 0.0366 e. The minimum Gasteiger partial charge on any atom is -0.374 e. The maximum absolute atomic E-state index is 3.57. The summed E-state index contributed by atoms with van der Waals surface area (Å²) in [4.78, 5) is 2.44. The van der Waals surface area contributed by atoms with Crippen LogP contribution in [0.25, 0.3) is 0 Å². The van der Waals surface area contributed by atoms with E-state index in [1.165, 1.54) is 50.0 Å². The summed E-state index contributed by atoms with van der Waals surface area (Å²) in [5, 5.41) is 3.57. The lowest BCUT2D eigenvalue weighted by Crippen LogP contribution is -2.41. The van der Waals surface area contributed by atoms with E-state index in [1.807, 2.05) is 0 Å². The molecule has 0 aliphatic heterocycles. The number of anilines is 1. The van der Waals surface area contributed by atoms with Crippen LogP contribution in [0.3, 0.4) is 0 Å². The van der Waals surface area contributed by atoms with Crippen LogP contribution in [0.15, 0.2) is 24.3 Å². The highest BCUT2D eigenvalue weighted by molar-refractivity contribution is 5.47. The summed E-state index contributed by atoms with van der Waals surface area (Å²) in [7, 11) is 2.24. The van der Waals surface area contributed by atoms with Crippen LogP contribution in [0.2, 0.25) is 0 Å². The van der Waals surface area contributed by atoms with Gasteiger partial charge in [0, 0.05) is 31.2 Å². The molecule has 0 atom stereocenters. The topological polar surface area (TPSA) is 15.3 Å². The van der Waals surface area contributed by atoms with Crippen molar-refractivity contribution >= 4 is 5.69 Å². The molecule has 2 nitrogen and oxygen atoms in total. The van der Waals surface area contributed by atoms with Gasteiger partial charge in [-0.3, -0.25) is 0 Å². The zero-order valence-corrected chi connectivity index (χ0v) is 12.7. The summed E-state index contributed by atoms with van der Waals surface area (Å²) in [5.41, 5.74) is 3.17. The average molecular weight is 260 g/mol. The second-order valence-electron chi connectivity index (χ2n) is 6.18. The zero-order chi connectivity index (χ0) is 13.7. The smallest absolute Gasteiger partial charge is 0.0366 e. The Morgan fingerprint density at radius 2 is 2.00 bits per heavy atom. The van der Waals surface area contributed by atoms with E-state index in [1.54, 1.807) is 0 Å². The van der Waals surface area contributed by atoms with Crippen LogP contribution in [0.4, 0.5) is 5.69 Å². The molecular formula is C17H28N2. The normalized spacial score (nSPS) is 17.6. The van der Waals surface area contributed by atoms with E-state index in [2.05, 4.69) is 55.4 Å². The first kappa shape index (κ1) is 14.4. The van der Waals surface area contributed by atoms with E-state index in [0.29, 0.717) is 5.41 Å². The molecule has 1 N–H and O–H groups in total. The first-order valence-corrected chi connectivity index (χ1v) is 7.64. The van der Waals surface area contributed by atoms with Gasteiger partial charge in [-0.2, -0.15) is 0 Å². The van der Waals surface area contributed by atoms with E-state index < -0.39 is 0 Å². The lowest BCUT2D eigenvalue weighted by atomic mass is 9.85. The van der Waals surface area contributed by atoms with Gasteiger partial charge in [0.25, 0.3) is 0 Å². The first-order valence-electron chi connectivity index (χ1n) is 7.64. The number of nitrogens with one attached hydrogen (secondary N) is 1. The number of nitrogens with zero attached hydrogens (tertiary/aromatic N) is 1. The van der Waals surface area contributed by atoms with Gasteiger partial charge in [0.2, 0.25) is 0 Å². The third-order valence-electron chi connectivity index (χ3n) is 4.43. The van der Waals surface area contributed by atoms with Crippen molar-refractivity contribution in [1.29, 1.82) is 0 Å². The lowest BCUT2D eigenvalue weighted by Gasteiger charge is -2.35. The number of hydrogen-bond acceptors (Lipinski definition) is 2. The molecule has 0 heterocycles. The second-order valence-corrected chi connectivity index (χ2v) is 6.18. The van der Waals surface area contributed by atoms with Crippen molar-refractivity contribution in [1.82, 2.24) is 5.32 Å². The van der Waals surface area contributed by atoms with Crippen molar-refractivity contribution in [2.24, 2.45) is 5.41 Å². The molecule has 1 saturated carbocycles. The van der Waals surface area contributed by atoms with Crippen molar-refractivity contribution in [3.63, 3.8) is 0 Å². The van der Waals surface area contributed by atoms with Crippen LogP contribution in [0.5, 0.6) is 0 Å². The van der Waals surface area contributed by atoms with Crippen molar-refractivity contribution in [3.8, 4) is 0 Å². The maximum atomic E-state index is 3.57. The first-order chi connectivity index (χ1) is 9.15. The second kappa shape index (κ2) is 6.42. The molecule has 0 aromatic heterocycles. The summed E-state index contributed by atoms with van der Waals surface area (Å²) in [6, 6.07) is 8.84. The molecule has 0 bridgehead atoms. The predicted octanol–water partition coefficient (Wildman–Crippen LogP) is 3.60. The molecule has 106 valence electrons. The molecule has 19 heavy (non-hydrogen) atoms. The Morgan fingerprint density at radius 1 is 1.26 bits per heavy atom. The third-order valence-corrected chi connectivity index (χ3v) is 4.43. The molecule has 1 fully saturated rings. The van der Waals surface area contributed by atoms with E-state index >= 15 is 0 Å². The van der Waals surface area contributed by atoms with Gasteiger partial charge < -0.3 is 10.2 Å². The predicted molar refractivity (Wildman–Crippen MR) is 83.9 cm³/mol. The average Bonchev–Trinajstić information content (AvgIpc) is 2.85. The van der Waals surface area contributed by atoms with Gasteiger partial charge in [-0.05, 0) is 44.0 Å². The summed E-state index contributed by atoms with van der Waals surface area (Å²) >= 11 is 0. The molecule has 0 saturated heterocycles. The minimum absolute atomic E-state index is 0.481. The van der Waals surface area contributed by atoms with Gasteiger partial charge in [0.05, 0.1) is 0 Å². The Kier molecular flexibility index (Phi) is 4.87. The fraction of sp³-hybridized carbons (Fsp3) is 0.647. The monoisotopic (exact) mass is 260 g/mol. The molecule has 1 aromatic carbocycles. The Bertz CT molecular complexity index is 394. The Labute approximate surface area is 118 Å². The highest BCUT2D eigenvalue weighted by Crippen LogP contribution is 2.38. The molecule has 0 spiro atoms. The number of aryl methyl sites for hydroxylation is 1. The molecule has 0 amide bonds. The van der Waals surface area contributed by atoms with Gasteiger partial charge in [-0.1, -0.05) is 31.9 Å². The van der Waals surface area contributed by atoms with Gasteiger partial charge >= 0.3 is 0 Å². The molecular weight excluding hydrogens is 232 g/mol. The summed E-state index contributed by atoms with van der Waals surface area (Å²) in [6.45, 7) is 7.78. The van der Waals surface area contributed by atoms with Crippen LogP contribution in [-0.4, -0.2) is 26.7 Å². The summed E-state index contributed by atoms with van der Waals surface area (Å²) in [5.74, 6) is 0. The van der Waals surface area contributed by atoms with Crippen LogP contribution in [0, 0.1) is 12.3 Å². The van der Waals surface area contributed by atoms with E-state index in [0.717, 1.165) is 6.54 Å². The van der Waals surface area contributed by atoms with Crippen molar-refractivity contribution in [3.05, 3.63) is 29.8 Å². The zero-order valence-electron chi connectivity index (χ0n) is 12.7. The van der Waals surface area contributed by atoms with Crippen LogP contribution < -0.4 is 10.2 Å². The summed E-state index contributed by atoms with van der Waals surface area (Å²) in [6.07, 6.45) is 5.53. The highest BCUT2D eigenvalue weighted by atomic mass is 15.1. The molecule has 2 rings (SSSR count). The largest absolute Gasteiger partial charge is 0.374 e. The van der Waals surface area contributed by atoms with Crippen LogP contribution in [0.1, 0.15) is 38.2 Å². The molecule has 1 aromatic rings. The Morgan fingerprint density at radius 3 is 2.63 bits per heavy atom. The van der Waals surface area contributed by atoms with E-state index in [-0.39, 0.29) is 0 Å². The summed E-state index contributed by atoms with van der Waals surface area (Å²) < 4.78 is 0. The van der Waals surface area contributed by atoms with Crippen LogP contribution in [-0.2, 0) is 0 Å². The standard InChI is InChI=1S/C17H28N2/c1-4-18-13-17(10-5-6-11-17)14-19(3)16-9-7-8-15(2)12-16/h7-9,12,18H,4-6,10-11,13-14H2,1-3H3. The van der Waals surface area contributed by atoms with E-state index in [9.17, 15) is 0 Å². The Balaban J connectivity index is 2.04. The number of rotatable bonds is 6. The SMILES string of the molecule is CCNCC1(CN(C)c2cccc(C)c2)CCCC1. The quantitative estimate of drug-likeness (QED) is 0.840. The van der Waals surface area contributed by atoms with Crippen LogP contribution >= 0.6 is 0 Å². The van der Waals surface area contributed by atoms with E-state index in [4.69, 9.17) is 0 Å². The van der Waals surface area contributed by atoms with Gasteiger partial charge in [-0.15, -0.1) is 0 Å². The number of benzene rings is 1. The fourth-order valence-electron chi connectivity index (χ4n) is 3.37. The van der Waals surface area contributed by atoms with Crippen molar-refractivity contribution in [2.45, 2.75) is 39.5 Å². The molecule has 0 radical (unpaired) electrons. The lowest BCUT2D eigenvalue weighted by molar-refractivity contribution is 0.289. The minimum atomic E-state index is 0.481. The molecule has 2 heteroatoms.